The van der Waals surface area contributed by atoms with Crippen LogP contribution in [0.3, 0.4) is 0 Å². The highest BCUT2D eigenvalue weighted by molar-refractivity contribution is 7.25. The summed E-state index contributed by atoms with van der Waals surface area (Å²) in [6.45, 7) is 0. The Balaban J connectivity index is 1.22. The topological polar surface area (TPSA) is 3.24 Å². The maximum absolute atomic E-state index is 10.0. The molecule has 10 aromatic rings. The first-order chi connectivity index (χ1) is 30.2. The second-order valence-electron chi connectivity index (χ2n) is 13.9. The van der Waals surface area contributed by atoms with Crippen LogP contribution in [0.15, 0.2) is 212 Å². The maximum atomic E-state index is 10.0. The molecule has 1 nitrogen and oxygen atoms in total. The lowest BCUT2D eigenvalue weighted by Crippen LogP contribution is -2.28. The SMILES string of the molecule is [2H]c1c([2H])c([2H])c2c([2H])c(C3(c4ccc5sc6ccccc6c5c4)c4ccccc4-c4cc(N(c5ccccc5)c5ccc(-c6ccccc6)cc5)ccc43)c([2H])c([2H])c2c1[2H]. The predicted octanol–water partition coefficient (Wildman–Crippen LogP) is 14.7. The molecule has 0 saturated carbocycles. The zero-order valence-electron chi connectivity index (χ0n) is 36.5. The molecule has 1 aliphatic carbocycles. The molecule has 0 amide bonds. The van der Waals surface area contributed by atoms with Crippen molar-refractivity contribution in [1.82, 2.24) is 0 Å². The molecule has 1 atom stereocenters. The summed E-state index contributed by atoms with van der Waals surface area (Å²) in [6, 6.07) is 55.5. The van der Waals surface area contributed by atoms with Gasteiger partial charge in [0.2, 0.25) is 0 Å². The molecule has 0 bridgehead atoms. The number of para-hydroxylation sites is 1. The fourth-order valence-corrected chi connectivity index (χ4v) is 9.61. The summed E-state index contributed by atoms with van der Waals surface area (Å²) < 4.78 is 66.5. The van der Waals surface area contributed by atoms with Crippen molar-refractivity contribution in [2.24, 2.45) is 0 Å². The lowest BCUT2D eigenvalue weighted by molar-refractivity contribution is 0.771. The molecule has 258 valence electrons. The fourth-order valence-electron chi connectivity index (χ4n) is 8.52. The molecule has 0 aliphatic heterocycles. The highest BCUT2D eigenvalue weighted by atomic mass is 32.1. The van der Waals surface area contributed by atoms with Crippen LogP contribution in [0.4, 0.5) is 17.1 Å². The average molecular weight is 725 g/mol. The van der Waals surface area contributed by atoms with Gasteiger partial charge in [-0.3, -0.25) is 0 Å². The molecule has 0 spiro atoms. The van der Waals surface area contributed by atoms with Crippen LogP contribution < -0.4 is 4.90 Å². The number of hydrogen-bond acceptors (Lipinski definition) is 2. The van der Waals surface area contributed by atoms with E-state index in [1.54, 1.807) is 11.3 Å². The predicted molar refractivity (Wildman–Crippen MR) is 234 cm³/mol. The molecule has 11 rings (SSSR count). The molecule has 0 N–H and O–H groups in total. The van der Waals surface area contributed by atoms with Gasteiger partial charge in [0.15, 0.2) is 0 Å². The smallest absolute Gasteiger partial charge is 0.0714 e. The van der Waals surface area contributed by atoms with Crippen LogP contribution in [0, 0.1) is 0 Å². The first-order valence-electron chi connectivity index (χ1n) is 21.9. The highest BCUT2D eigenvalue weighted by Crippen LogP contribution is 2.58. The van der Waals surface area contributed by atoms with Crippen molar-refractivity contribution in [3.05, 3.63) is 234 Å². The van der Waals surface area contributed by atoms with Gasteiger partial charge in [0.25, 0.3) is 0 Å². The zero-order chi connectivity index (χ0) is 42.4. The largest absolute Gasteiger partial charge is 0.310 e. The summed E-state index contributed by atoms with van der Waals surface area (Å²) in [6.07, 6.45) is 0. The van der Waals surface area contributed by atoms with E-state index in [4.69, 9.17) is 5.48 Å². The Bertz CT molecular complexity index is 3440. The third kappa shape index (κ3) is 4.99. The monoisotopic (exact) mass is 724 g/mol. The second kappa shape index (κ2) is 12.7. The molecular formula is C53H35NS. The molecule has 1 heterocycles. The summed E-state index contributed by atoms with van der Waals surface area (Å²) in [4.78, 5) is 2.22. The van der Waals surface area contributed by atoms with Crippen LogP contribution in [0.1, 0.15) is 31.8 Å². The van der Waals surface area contributed by atoms with Crippen LogP contribution >= 0.6 is 11.3 Å². The van der Waals surface area contributed by atoms with Gasteiger partial charge >= 0.3 is 0 Å². The van der Waals surface area contributed by atoms with E-state index in [-0.39, 0.29) is 34.5 Å². The summed E-state index contributed by atoms with van der Waals surface area (Å²) in [7, 11) is 0. The number of fused-ring (bicyclic) bond motifs is 7. The Morgan fingerprint density at radius 2 is 1.09 bits per heavy atom. The van der Waals surface area contributed by atoms with E-state index >= 15 is 0 Å². The summed E-state index contributed by atoms with van der Waals surface area (Å²) >= 11 is 1.70. The van der Waals surface area contributed by atoms with Gasteiger partial charge in [-0.2, -0.15) is 0 Å². The van der Waals surface area contributed by atoms with Gasteiger partial charge in [0, 0.05) is 37.2 Å². The Hall–Kier alpha value is -6.74. The van der Waals surface area contributed by atoms with Crippen molar-refractivity contribution < 1.29 is 9.60 Å². The van der Waals surface area contributed by atoms with Crippen molar-refractivity contribution in [2.75, 3.05) is 4.90 Å². The van der Waals surface area contributed by atoms with Crippen molar-refractivity contribution in [3.8, 4) is 22.3 Å². The van der Waals surface area contributed by atoms with Crippen molar-refractivity contribution in [1.29, 1.82) is 0 Å². The molecule has 0 saturated heterocycles. The summed E-state index contributed by atoms with van der Waals surface area (Å²) in [5, 5.41) is 1.94. The van der Waals surface area contributed by atoms with Gasteiger partial charge in [-0.05, 0) is 116 Å². The summed E-state index contributed by atoms with van der Waals surface area (Å²) in [5.41, 5.74) is 8.20. The Kier molecular flexibility index (Phi) is 5.84. The summed E-state index contributed by atoms with van der Waals surface area (Å²) in [5.74, 6) is 0. The minimum absolute atomic E-state index is 0.0646. The van der Waals surface area contributed by atoms with Crippen LogP contribution in [-0.4, -0.2) is 0 Å². The molecular weight excluding hydrogens is 683 g/mol. The number of rotatable bonds is 6. The average Bonchev–Trinajstić information content (AvgIpc) is 3.83. The quantitative estimate of drug-likeness (QED) is 0.165. The van der Waals surface area contributed by atoms with Crippen LogP contribution in [0.5, 0.6) is 0 Å². The third-order valence-electron chi connectivity index (χ3n) is 11.0. The lowest BCUT2D eigenvalue weighted by atomic mass is 9.67. The minimum atomic E-state index is -1.33. The van der Waals surface area contributed by atoms with E-state index in [9.17, 15) is 4.11 Å². The van der Waals surface area contributed by atoms with Crippen molar-refractivity contribution in [3.63, 3.8) is 0 Å². The van der Waals surface area contributed by atoms with Gasteiger partial charge in [0.1, 0.15) is 0 Å². The van der Waals surface area contributed by atoms with Crippen LogP contribution in [0.25, 0.3) is 53.2 Å². The van der Waals surface area contributed by atoms with Crippen LogP contribution in [-0.2, 0) is 5.41 Å². The van der Waals surface area contributed by atoms with E-state index in [0.29, 0.717) is 0 Å². The van der Waals surface area contributed by atoms with E-state index in [0.717, 1.165) is 76.2 Å². The number of benzene rings is 9. The van der Waals surface area contributed by atoms with E-state index in [1.165, 1.54) is 0 Å². The molecule has 0 fully saturated rings. The maximum Gasteiger partial charge on any atom is 0.0714 e. The van der Waals surface area contributed by atoms with Gasteiger partial charge in [-0.25, -0.2) is 0 Å². The molecule has 9 aromatic carbocycles. The second-order valence-corrected chi connectivity index (χ2v) is 15.0. The van der Waals surface area contributed by atoms with E-state index < -0.39 is 29.6 Å². The van der Waals surface area contributed by atoms with Crippen molar-refractivity contribution >= 4 is 59.3 Å². The standard InChI is InChI=1S/C53H35NS/c1-3-13-36(14-4-1)38-24-28-43(29-25-38)54(42-17-5-2-6-18-42)44-30-31-50-47(35-44)45-19-9-11-21-49(45)53(50,40-26-23-37-15-7-8-16-39(37)33-40)41-27-32-52-48(34-41)46-20-10-12-22-51(46)55-52/h1-35H/i7D,8D,15D,16D,23D,26D,33D. The molecule has 55 heavy (non-hydrogen) atoms. The van der Waals surface area contributed by atoms with E-state index in [2.05, 4.69) is 108 Å². The Morgan fingerprint density at radius 1 is 0.436 bits per heavy atom. The Labute approximate surface area is 334 Å². The first kappa shape index (κ1) is 25.3. The minimum Gasteiger partial charge on any atom is -0.310 e. The fraction of sp³-hybridized carbons (Fsp3) is 0.0189. The molecule has 0 radical (unpaired) electrons. The normalized spacial score (nSPS) is 16.4. The van der Waals surface area contributed by atoms with Gasteiger partial charge in [-0.1, -0.05) is 152 Å². The number of anilines is 3. The van der Waals surface area contributed by atoms with E-state index in [1.807, 2.05) is 66.7 Å². The number of thiophene rings is 1. The van der Waals surface area contributed by atoms with Gasteiger partial charge in [0.05, 0.1) is 15.0 Å². The van der Waals surface area contributed by atoms with Crippen LogP contribution in [0.2, 0.25) is 0 Å². The number of nitrogens with zero attached hydrogens (tertiary/aromatic N) is 1. The lowest BCUT2D eigenvalue weighted by Gasteiger charge is -2.34. The highest BCUT2D eigenvalue weighted by Gasteiger charge is 2.46. The van der Waals surface area contributed by atoms with Crippen molar-refractivity contribution in [2.45, 2.75) is 5.41 Å². The molecule has 1 unspecified atom stereocenters. The number of hydrogen-bond donors (Lipinski definition) is 0. The Morgan fingerprint density at radius 3 is 1.95 bits per heavy atom. The molecule has 2 heteroatoms. The van der Waals surface area contributed by atoms with Gasteiger partial charge in [-0.15, -0.1) is 11.3 Å². The zero-order valence-corrected chi connectivity index (χ0v) is 30.3. The third-order valence-corrected chi connectivity index (χ3v) is 12.1. The first-order valence-corrected chi connectivity index (χ1v) is 19.2. The van der Waals surface area contributed by atoms with Gasteiger partial charge < -0.3 is 4.90 Å². The molecule has 1 aliphatic rings. The molecule has 1 aromatic heterocycles.